The molecule has 0 fully saturated rings. The Morgan fingerprint density at radius 1 is 1.62 bits per heavy atom. The lowest BCUT2D eigenvalue weighted by atomic mass is 10.3. The van der Waals surface area contributed by atoms with Crippen LogP contribution < -0.4 is 0 Å². The fourth-order valence-corrected chi connectivity index (χ4v) is 8.91. The summed E-state index contributed by atoms with van der Waals surface area (Å²) in [6.45, 7) is 7.27. The maximum atomic E-state index is 2.55. The van der Waals surface area contributed by atoms with Crippen LogP contribution in [0.1, 0.15) is 13.8 Å². The van der Waals surface area contributed by atoms with Crippen molar-refractivity contribution in [2.75, 3.05) is 0 Å². The van der Waals surface area contributed by atoms with Crippen LogP contribution in [0.15, 0.2) is 0 Å². The van der Waals surface area contributed by atoms with Gasteiger partial charge in [0.25, 0.3) is 0 Å². The van der Waals surface area contributed by atoms with E-state index < -0.39 is 0 Å². The van der Waals surface area contributed by atoms with Crippen molar-refractivity contribution in [1.29, 1.82) is 0 Å². The molecule has 0 saturated heterocycles. The summed E-state index contributed by atoms with van der Waals surface area (Å²) in [5, 5.41) is 0. The van der Waals surface area contributed by atoms with E-state index in [9.17, 15) is 0 Å². The van der Waals surface area contributed by atoms with Crippen LogP contribution >= 0.6 is 0 Å². The molecule has 1 unspecified atom stereocenters. The summed E-state index contributed by atoms with van der Waals surface area (Å²) in [4.78, 5) is 0. The van der Waals surface area contributed by atoms with Crippen molar-refractivity contribution < 1.29 is 0 Å². The third-order valence-corrected chi connectivity index (χ3v) is 22.4. The topological polar surface area (TPSA) is 0 Å². The van der Waals surface area contributed by atoms with Crippen LogP contribution in [-0.4, -0.2) is 26.6 Å². The summed E-state index contributed by atoms with van der Waals surface area (Å²) in [5.41, 5.74) is 0. The monoisotopic (exact) mass is 162 g/mol. The summed E-state index contributed by atoms with van der Waals surface area (Å²) in [7, 11) is 2.11. The second-order valence-electron chi connectivity index (χ2n) is 3.14. The average molecular weight is 162 g/mol. The van der Waals surface area contributed by atoms with Crippen molar-refractivity contribution in [1.82, 2.24) is 0 Å². The average Bonchev–Trinajstić information content (AvgIpc) is 1.65. The van der Waals surface area contributed by atoms with Gasteiger partial charge in [-0.3, -0.25) is 0 Å². The highest BCUT2D eigenvalue weighted by Crippen LogP contribution is 2.02. The van der Waals surface area contributed by atoms with Gasteiger partial charge in [-0.25, -0.2) is 0 Å². The fraction of sp³-hybridized carbons (Fsp3) is 1.00. The van der Waals surface area contributed by atoms with Crippen molar-refractivity contribution in [2.24, 2.45) is 5.92 Å². The van der Waals surface area contributed by atoms with Crippen LogP contribution in [0.25, 0.3) is 0 Å². The second-order valence-corrected chi connectivity index (χ2v) is 20.6. The van der Waals surface area contributed by atoms with Crippen molar-refractivity contribution in [2.45, 2.75) is 26.4 Å². The molecule has 0 aromatic rings. The summed E-state index contributed by atoms with van der Waals surface area (Å²) < 4.78 is 0. The number of hydrogen-bond donors (Lipinski definition) is 0. The first-order chi connectivity index (χ1) is 3.66. The molecular weight excluding hydrogens is 144 g/mol. The van der Waals surface area contributed by atoms with Gasteiger partial charge in [0.05, 0.1) is 0 Å². The van der Waals surface area contributed by atoms with Gasteiger partial charge in [0.1, 0.15) is 0 Å². The maximum Gasteiger partial charge on any atom is 0.0179 e. The zero-order valence-electron chi connectivity index (χ0n) is 6.57. The van der Waals surface area contributed by atoms with Gasteiger partial charge in [-0.05, 0) is 24.2 Å². The minimum atomic E-state index is -0.0386. The van der Waals surface area contributed by atoms with Crippen molar-refractivity contribution in [3.8, 4) is 0 Å². The molecule has 1 atom stereocenters. The highest BCUT2D eigenvalue weighted by Gasteiger charge is 2.02. The quantitative estimate of drug-likeness (QED) is 0.489. The predicted octanol–water partition coefficient (Wildman–Crippen LogP) is -0.555. The van der Waals surface area contributed by atoms with E-state index in [1.54, 1.807) is 15.8 Å². The molecule has 0 aromatic heterocycles. The lowest BCUT2D eigenvalue weighted by Crippen LogP contribution is -2.19. The van der Waals surface area contributed by atoms with Crippen LogP contribution in [0.2, 0.25) is 12.6 Å². The van der Waals surface area contributed by atoms with Gasteiger partial charge in [-0.2, -0.15) is 0 Å². The van der Waals surface area contributed by atoms with Crippen LogP contribution in [0, 0.1) is 5.92 Å². The standard InChI is InChI=1S/C5H18Si3/c1-5(2)4-8(3)7-6/h5,8H,4,7H2,1-3,6H3. The molecule has 0 radical (unpaired) electrons. The lowest BCUT2D eigenvalue weighted by molar-refractivity contribution is 0.730. The Hall–Kier alpha value is 0.651. The molecule has 0 amide bonds. The zero-order chi connectivity index (χ0) is 6.57. The van der Waals surface area contributed by atoms with Crippen molar-refractivity contribution in [3.05, 3.63) is 0 Å². The smallest absolute Gasteiger partial charge is 0.0179 e. The van der Waals surface area contributed by atoms with E-state index in [1.807, 2.05) is 0 Å². The van der Waals surface area contributed by atoms with Crippen LogP contribution in [0.4, 0.5) is 0 Å². The fourth-order valence-electron chi connectivity index (χ4n) is 0.971. The van der Waals surface area contributed by atoms with E-state index in [-0.39, 0.29) is 8.31 Å². The summed E-state index contributed by atoms with van der Waals surface area (Å²) in [5.74, 6) is 0.998. The predicted molar refractivity (Wildman–Crippen MR) is 51.1 cm³/mol. The SMILES string of the molecule is CC(C)C[SiH](C)[SiH2][SiH3]. The maximum absolute atomic E-state index is 2.55. The first-order valence-electron chi connectivity index (χ1n) is 3.66. The van der Waals surface area contributed by atoms with Gasteiger partial charge >= 0.3 is 0 Å². The van der Waals surface area contributed by atoms with E-state index in [4.69, 9.17) is 0 Å². The van der Waals surface area contributed by atoms with E-state index >= 15 is 0 Å². The van der Waals surface area contributed by atoms with Crippen LogP contribution in [-0.2, 0) is 0 Å². The molecule has 0 aromatic carbocycles. The van der Waals surface area contributed by atoms with Crippen molar-refractivity contribution >= 4 is 26.6 Å². The summed E-state index contributed by atoms with van der Waals surface area (Å²) in [6.07, 6.45) is 0. The van der Waals surface area contributed by atoms with Crippen molar-refractivity contribution in [3.63, 3.8) is 0 Å². The first-order valence-corrected chi connectivity index (χ1v) is 14.6. The Morgan fingerprint density at radius 2 is 2.12 bits per heavy atom. The van der Waals surface area contributed by atoms with E-state index in [0.29, 0.717) is 8.55 Å². The number of rotatable bonds is 3. The molecule has 0 nitrogen and oxygen atoms in total. The van der Waals surface area contributed by atoms with Crippen LogP contribution in [0.5, 0.6) is 0 Å². The lowest BCUT2D eigenvalue weighted by Gasteiger charge is -2.07. The van der Waals surface area contributed by atoms with E-state index in [1.165, 1.54) is 0 Å². The Balaban J connectivity index is 3.10. The van der Waals surface area contributed by atoms with Gasteiger partial charge < -0.3 is 0 Å². The van der Waals surface area contributed by atoms with Gasteiger partial charge in [-0.1, -0.05) is 26.4 Å². The third kappa shape index (κ3) is 4.80. The molecule has 50 valence electrons. The molecule has 0 rings (SSSR count). The minimum absolute atomic E-state index is 0.0386. The molecule has 0 aliphatic heterocycles. The zero-order valence-corrected chi connectivity index (χ0v) is 11.1. The minimum Gasteiger partial charge on any atom is -0.0746 e. The Kier molecular flexibility index (Phi) is 4.89. The van der Waals surface area contributed by atoms with Gasteiger partial charge in [0.2, 0.25) is 0 Å². The molecule has 0 saturated carbocycles. The molecular formula is C5H18Si3. The molecule has 3 heteroatoms. The molecule has 0 aliphatic carbocycles. The molecule has 8 heavy (non-hydrogen) atoms. The summed E-state index contributed by atoms with van der Waals surface area (Å²) >= 11 is 0. The normalized spacial score (nSPS) is 16.5. The largest absolute Gasteiger partial charge is 0.0746 e. The van der Waals surface area contributed by atoms with Gasteiger partial charge in [0, 0.05) is 8.31 Å². The van der Waals surface area contributed by atoms with E-state index in [0.717, 1.165) is 5.92 Å². The third-order valence-electron chi connectivity index (χ3n) is 1.57. The Morgan fingerprint density at radius 3 is 2.25 bits per heavy atom. The summed E-state index contributed by atoms with van der Waals surface area (Å²) in [6, 6.07) is 1.62. The highest BCUT2D eigenvalue weighted by atomic mass is 29.5. The van der Waals surface area contributed by atoms with Crippen LogP contribution in [0.3, 0.4) is 0 Å². The molecule has 0 aliphatic rings. The Labute approximate surface area is 59.5 Å². The first kappa shape index (κ1) is 8.65. The van der Waals surface area contributed by atoms with Gasteiger partial charge in [-0.15, -0.1) is 0 Å². The van der Waals surface area contributed by atoms with E-state index in [2.05, 4.69) is 20.4 Å². The highest BCUT2D eigenvalue weighted by molar-refractivity contribution is 7.31. The molecule has 0 spiro atoms. The molecule has 0 bridgehead atoms. The second kappa shape index (κ2) is 4.52. The molecule has 0 N–H and O–H groups in total. The Bertz CT molecular complexity index is 53.6. The number of hydrogen-bond acceptors (Lipinski definition) is 0. The molecule has 0 heterocycles. The van der Waals surface area contributed by atoms with Gasteiger partial charge in [0.15, 0.2) is 0 Å².